The Morgan fingerprint density at radius 3 is 3.11 bits per heavy atom. The normalized spacial score (nSPS) is 23.2. The van der Waals surface area contributed by atoms with Crippen molar-refractivity contribution in [2.75, 3.05) is 6.54 Å². The summed E-state index contributed by atoms with van der Waals surface area (Å²) in [6.45, 7) is 1.81. The third-order valence-electron chi connectivity index (χ3n) is 3.68. The molecule has 1 unspecified atom stereocenters. The van der Waals surface area contributed by atoms with Gasteiger partial charge in [0.2, 0.25) is 5.91 Å². The lowest BCUT2D eigenvalue weighted by molar-refractivity contribution is -0.121. The van der Waals surface area contributed by atoms with Crippen LogP contribution in [0.25, 0.3) is 0 Å². The highest BCUT2D eigenvalue weighted by molar-refractivity contribution is 5.76. The molecule has 5 nitrogen and oxygen atoms in total. The van der Waals surface area contributed by atoms with Gasteiger partial charge in [-0.05, 0) is 32.2 Å². The van der Waals surface area contributed by atoms with E-state index in [4.69, 9.17) is 0 Å². The van der Waals surface area contributed by atoms with Crippen LogP contribution in [0.3, 0.4) is 0 Å². The van der Waals surface area contributed by atoms with Gasteiger partial charge in [0.05, 0.1) is 12.0 Å². The Balaban J connectivity index is 1.55. The summed E-state index contributed by atoms with van der Waals surface area (Å²) < 4.78 is 2.11. The number of hydrogen-bond acceptors (Lipinski definition) is 3. The second kappa shape index (κ2) is 5.10. The number of rotatable bonds is 5. The second-order valence-electron chi connectivity index (χ2n) is 5.25. The summed E-state index contributed by atoms with van der Waals surface area (Å²) in [6.07, 6.45) is 8.98. The Morgan fingerprint density at radius 2 is 2.39 bits per heavy atom. The molecule has 3 rings (SSSR count). The predicted molar refractivity (Wildman–Crippen MR) is 68.0 cm³/mol. The molecule has 2 aliphatic rings. The summed E-state index contributed by atoms with van der Waals surface area (Å²) in [5.74, 6) is 0.163. The fourth-order valence-corrected chi connectivity index (χ4v) is 2.49. The first-order chi connectivity index (χ1) is 8.83. The van der Waals surface area contributed by atoms with Crippen LogP contribution in [0.1, 0.15) is 43.8 Å². The molecule has 2 N–H and O–H groups in total. The lowest BCUT2D eigenvalue weighted by Crippen LogP contribution is -2.26. The predicted octanol–water partition coefficient (Wildman–Crippen LogP) is 0.976. The Hall–Kier alpha value is -1.36. The Labute approximate surface area is 107 Å². The third-order valence-corrected chi connectivity index (χ3v) is 3.68. The molecule has 0 aromatic carbocycles. The van der Waals surface area contributed by atoms with Crippen molar-refractivity contribution in [2.24, 2.45) is 0 Å². The summed E-state index contributed by atoms with van der Waals surface area (Å²) in [5.41, 5.74) is 1.21. The van der Waals surface area contributed by atoms with E-state index in [1.54, 1.807) is 0 Å². The summed E-state index contributed by atoms with van der Waals surface area (Å²) in [6, 6.07) is 0.871. The van der Waals surface area contributed by atoms with Crippen LogP contribution < -0.4 is 10.6 Å². The number of hydrogen-bond donors (Lipinski definition) is 2. The topological polar surface area (TPSA) is 59.0 Å². The van der Waals surface area contributed by atoms with E-state index in [1.807, 2.05) is 12.5 Å². The van der Waals surface area contributed by atoms with Crippen molar-refractivity contribution in [3.8, 4) is 0 Å². The van der Waals surface area contributed by atoms with Crippen molar-refractivity contribution in [3.63, 3.8) is 0 Å². The van der Waals surface area contributed by atoms with Crippen molar-refractivity contribution in [1.82, 2.24) is 20.2 Å². The number of carbonyl (C=O) groups is 1. The molecule has 1 aliphatic carbocycles. The zero-order chi connectivity index (χ0) is 12.4. The van der Waals surface area contributed by atoms with Crippen LogP contribution >= 0.6 is 0 Å². The first kappa shape index (κ1) is 11.7. The van der Waals surface area contributed by atoms with E-state index >= 15 is 0 Å². The number of imidazole rings is 1. The van der Waals surface area contributed by atoms with Crippen LogP contribution in [0, 0.1) is 0 Å². The largest absolute Gasteiger partial charge is 0.353 e. The molecule has 98 valence electrons. The van der Waals surface area contributed by atoms with Crippen LogP contribution in [-0.2, 0) is 11.3 Å². The zero-order valence-corrected chi connectivity index (χ0v) is 10.6. The van der Waals surface area contributed by atoms with Gasteiger partial charge in [-0.3, -0.25) is 4.79 Å². The van der Waals surface area contributed by atoms with E-state index in [2.05, 4.69) is 20.2 Å². The number of nitrogens with one attached hydrogen (secondary N) is 2. The molecule has 2 heterocycles. The van der Waals surface area contributed by atoms with Gasteiger partial charge in [0.1, 0.15) is 0 Å². The van der Waals surface area contributed by atoms with E-state index in [1.165, 1.54) is 18.5 Å². The molecule has 0 spiro atoms. The Morgan fingerprint density at radius 1 is 1.50 bits per heavy atom. The molecule has 18 heavy (non-hydrogen) atoms. The molecular formula is C13H20N4O. The van der Waals surface area contributed by atoms with Gasteiger partial charge in [-0.15, -0.1) is 0 Å². The van der Waals surface area contributed by atoms with E-state index in [0.29, 0.717) is 18.5 Å². The average Bonchev–Trinajstić information content (AvgIpc) is 2.86. The van der Waals surface area contributed by atoms with Crippen LogP contribution in [0.15, 0.2) is 12.5 Å². The fourth-order valence-electron chi connectivity index (χ4n) is 2.49. The fraction of sp³-hybridized carbons (Fsp3) is 0.692. The second-order valence-corrected chi connectivity index (χ2v) is 5.25. The van der Waals surface area contributed by atoms with Gasteiger partial charge in [0.15, 0.2) is 0 Å². The number of amides is 1. The van der Waals surface area contributed by atoms with Gasteiger partial charge in [-0.25, -0.2) is 4.98 Å². The molecule has 0 radical (unpaired) electrons. The van der Waals surface area contributed by atoms with Gasteiger partial charge in [-0.1, -0.05) is 0 Å². The maximum Gasteiger partial charge on any atom is 0.222 e. The molecule has 1 saturated carbocycles. The van der Waals surface area contributed by atoms with Gasteiger partial charge in [0, 0.05) is 31.2 Å². The first-order valence-corrected chi connectivity index (χ1v) is 6.86. The monoisotopic (exact) mass is 248 g/mol. The molecule has 0 bridgehead atoms. The number of aromatic nitrogens is 2. The van der Waals surface area contributed by atoms with Crippen molar-refractivity contribution < 1.29 is 4.79 Å². The van der Waals surface area contributed by atoms with E-state index < -0.39 is 0 Å². The number of carbonyl (C=O) groups excluding carboxylic acids is 1. The molecule has 1 aromatic heterocycles. The van der Waals surface area contributed by atoms with Gasteiger partial charge in [-0.2, -0.15) is 0 Å². The van der Waals surface area contributed by atoms with Crippen molar-refractivity contribution in [3.05, 3.63) is 18.2 Å². The maximum absolute atomic E-state index is 11.7. The van der Waals surface area contributed by atoms with Crippen molar-refractivity contribution in [1.29, 1.82) is 0 Å². The van der Waals surface area contributed by atoms with Gasteiger partial charge in [0.25, 0.3) is 0 Å². The van der Waals surface area contributed by atoms with E-state index in [-0.39, 0.29) is 5.91 Å². The number of aryl methyl sites for hydroxylation is 1. The standard InChI is InChI=1S/C13H20N4O/c18-13(16-10-3-4-10)5-7-17-9-14-8-12(17)11-2-1-6-15-11/h8-11,15H,1-7H2,(H,16,18). The van der Waals surface area contributed by atoms with Crippen LogP contribution in [0.2, 0.25) is 0 Å². The smallest absolute Gasteiger partial charge is 0.222 e. The molecule has 1 aromatic rings. The van der Waals surface area contributed by atoms with Crippen LogP contribution in [0.5, 0.6) is 0 Å². The maximum atomic E-state index is 11.7. The van der Waals surface area contributed by atoms with Gasteiger partial charge < -0.3 is 15.2 Å². The summed E-state index contributed by atoms with van der Waals surface area (Å²) >= 11 is 0. The molecule has 5 heteroatoms. The summed E-state index contributed by atoms with van der Waals surface area (Å²) in [4.78, 5) is 15.9. The zero-order valence-electron chi connectivity index (χ0n) is 10.6. The van der Waals surface area contributed by atoms with Crippen molar-refractivity contribution >= 4 is 5.91 Å². The Kier molecular flexibility index (Phi) is 3.32. The third kappa shape index (κ3) is 2.72. The summed E-state index contributed by atoms with van der Waals surface area (Å²) in [7, 11) is 0. The Bertz CT molecular complexity index is 418. The SMILES string of the molecule is O=C(CCn1cncc1C1CCCN1)NC1CC1. The van der Waals surface area contributed by atoms with E-state index in [0.717, 1.165) is 25.9 Å². The molecule has 1 amide bonds. The minimum Gasteiger partial charge on any atom is -0.353 e. The van der Waals surface area contributed by atoms with Crippen LogP contribution in [0.4, 0.5) is 0 Å². The summed E-state index contributed by atoms with van der Waals surface area (Å²) in [5, 5.41) is 6.48. The van der Waals surface area contributed by atoms with E-state index in [9.17, 15) is 4.79 Å². The highest BCUT2D eigenvalue weighted by atomic mass is 16.1. The lowest BCUT2D eigenvalue weighted by Gasteiger charge is -2.13. The van der Waals surface area contributed by atoms with Gasteiger partial charge >= 0.3 is 0 Å². The number of nitrogens with zero attached hydrogens (tertiary/aromatic N) is 2. The minimum atomic E-state index is 0.163. The highest BCUT2D eigenvalue weighted by Crippen LogP contribution is 2.23. The molecule has 2 fully saturated rings. The minimum absolute atomic E-state index is 0.163. The molecular weight excluding hydrogens is 228 g/mol. The highest BCUT2D eigenvalue weighted by Gasteiger charge is 2.23. The molecule has 1 saturated heterocycles. The quantitative estimate of drug-likeness (QED) is 0.816. The lowest BCUT2D eigenvalue weighted by atomic mass is 10.2. The van der Waals surface area contributed by atoms with Crippen molar-refractivity contribution in [2.45, 2.75) is 50.7 Å². The van der Waals surface area contributed by atoms with Crippen LogP contribution in [-0.4, -0.2) is 28.0 Å². The molecule has 1 atom stereocenters. The molecule has 1 aliphatic heterocycles. The first-order valence-electron chi connectivity index (χ1n) is 6.86. The average molecular weight is 248 g/mol.